The van der Waals surface area contributed by atoms with Crippen LogP contribution in [0.4, 0.5) is 9.18 Å². The molecule has 0 aliphatic carbocycles. The minimum absolute atomic E-state index is 0.0167. The molecule has 0 atom stereocenters. The molecule has 2 aromatic carbocycles. The van der Waals surface area contributed by atoms with E-state index in [1.807, 2.05) is 0 Å². The van der Waals surface area contributed by atoms with Gasteiger partial charge in [-0.05, 0) is 56.7 Å². The number of rotatable bonds is 10. The predicted molar refractivity (Wildman–Crippen MR) is 139 cm³/mol. The Bertz CT molecular complexity index is 1330. The van der Waals surface area contributed by atoms with Crippen LogP contribution in [0.1, 0.15) is 32.8 Å². The Hall–Kier alpha value is -3.37. The van der Waals surface area contributed by atoms with Crippen LogP contribution in [0.15, 0.2) is 65.7 Å². The molecule has 8 nitrogen and oxygen atoms in total. The van der Waals surface area contributed by atoms with Gasteiger partial charge < -0.3 is 19.1 Å². The number of carbonyl (C=O) groups is 1. The lowest BCUT2D eigenvalue weighted by molar-refractivity contribution is 0.0285. The summed E-state index contributed by atoms with van der Waals surface area (Å²) in [6, 6.07) is 13.6. The van der Waals surface area contributed by atoms with Crippen molar-refractivity contribution in [2.24, 2.45) is 0 Å². The van der Waals surface area contributed by atoms with E-state index in [2.05, 4.69) is 0 Å². The molecule has 0 radical (unpaired) electrons. The molecule has 0 bridgehead atoms. The van der Waals surface area contributed by atoms with Crippen molar-refractivity contribution in [1.82, 2.24) is 8.87 Å². The Labute approximate surface area is 217 Å². The third-order valence-corrected chi connectivity index (χ3v) is 6.91. The van der Waals surface area contributed by atoms with Gasteiger partial charge in [0.25, 0.3) is 10.0 Å². The highest BCUT2D eigenvalue weighted by molar-refractivity contribution is 7.90. The summed E-state index contributed by atoms with van der Waals surface area (Å²) in [5.74, 6) is -0.180. The summed E-state index contributed by atoms with van der Waals surface area (Å²) >= 11 is 0. The van der Waals surface area contributed by atoms with Gasteiger partial charge in [-0.3, -0.25) is 0 Å². The van der Waals surface area contributed by atoms with Gasteiger partial charge in [-0.15, -0.1) is 0 Å². The minimum atomic E-state index is -4.15. The van der Waals surface area contributed by atoms with Crippen molar-refractivity contribution in [2.45, 2.75) is 44.2 Å². The Kier molecular flexibility index (Phi) is 8.98. The molecule has 0 aliphatic rings. The second-order valence-corrected chi connectivity index (χ2v) is 11.3. The smallest absolute Gasteiger partial charge is 0.410 e. The first-order valence-electron chi connectivity index (χ1n) is 11.8. The molecule has 3 aromatic rings. The van der Waals surface area contributed by atoms with E-state index in [0.29, 0.717) is 30.9 Å². The molecule has 0 N–H and O–H groups in total. The highest BCUT2D eigenvalue weighted by atomic mass is 32.2. The Morgan fingerprint density at radius 3 is 2.46 bits per heavy atom. The van der Waals surface area contributed by atoms with E-state index >= 15 is 0 Å². The van der Waals surface area contributed by atoms with E-state index in [1.165, 1.54) is 41.4 Å². The summed E-state index contributed by atoms with van der Waals surface area (Å²) in [6.45, 7) is 6.21. The van der Waals surface area contributed by atoms with Crippen molar-refractivity contribution in [2.75, 3.05) is 27.4 Å². The van der Waals surface area contributed by atoms with Gasteiger partial charge in [0.2, 0.25) is 0 Å². The van der Waals surface area contributed by atoms with E-state index in [1.54, 1.807) is 59.2 Å². The molecule has 1 amide bonds. The lowest BCUT2D eigenvalue weighted by Crippen LogP contribution is -2.33. The number of ether oxygens (including phenoxy) is 3. The van der Waals surface area contributed by atoms with Gasteiger partial charge in [-0.1, -0.05) is 18.2 Å². The van der Waals surface area contributed by atoms with Gasteiger partial charge in [-0.2, -0.15) is 0 Å². The quantitative estimate of drug-likeness (QED) is 0.329. The lowest BCUT2D eigenvalue weighted by atomic mass is 10.1. The van der Waals surface area contributed by atoms with E-state index in [0.717, 1.165) is 3.97 Å². The number of methoxy groups -OCH3 is 1. The van der Waals surface area contributed by atoms with Crippen LogP contribution >= 0.6 is 0 Å². The van der Waals surface area contributed by atoms with Crippen LogP contribution in [0.5, 0.6) is 5.75 Å². The lowest BCUT2D eigenvalue weighted by Gasteiger charge is -2.24. The van der Waals surface area contributed by atoms with E-state index in [4.69, 9.17) is 14.2 Å². The van der Waals surface area contributed by atoms with Crippen molar-refractivity contribution in [3.63, 3.8) is 0 Å². The van der Waals surface area contributed by atoms with Gasteiger partial charge in [0.15, 0.2) is 0 Å². The zero-order valence-corrected chi connectivity index (χ0v) is 22.5. The van der Waals surface area contributed by atoms with Gasteiger partial charge in [-0.25, -0.2) is 21.6 Å². The Morgan fingerprint density at radius 2 is 1.78 bits per heavy atom. The predicted octanol–water partition coefficient (Wildman–Crippen LogP) is 5.31. The fourth-order valence-electron chi connectivity index (χ4n) is 3.56. The SMILES string of the molecule is COCCCOc1cccc(S(=O)(=O)n2cc(CN(C)C(=O)OC(C)(C)C)cc2-c2ccccc2F)c1. The highest BCUT2D eigenvalue weighted by Gasteiger charge is 2.25. The molecular weight excluding hydrogens is 499 g/mol. The fourth-order valence-corrected chi connectivity index (χ4v) is 4.98. The third-order valence-electron chi connectivity index (χ3n) is 5.24. The molecule has 1 aromatic heterocycles. The normalized spacial score (nSPS) is 11.8. The average Bonchev–Trinajstić information content (AvgIpc) is 3.25. The summed E-state index contributed by atoms with van der Waals surface area (Å²) in [7, 11) is -1.00. The number of amides is 1. The first kappa shape index (κ1) is 28.2. The van der Waals surface area contributed by atoms with Crippen molar-refractivity contribution in [3.05, 3.63) is 72.2 Å². The molecule has 0 saturated carbocycles. The number of halogens is 1. The molecule has 37 heavy (non-hydrogen) atoms. The van der Waals surface area contributed by atoms with Gasteiger partial charge in [0.05, 0.1) is 23.7 Å². The standard InChI is InChI=1S/C27H33FN2O6S/c1-27(2,3)36-26(31)29(4)18-20-16-25(23-12-6-7-13-24(23)28)30(19-20)37(32,33)22-11-8-10-21(17-22)35-15-9-14-34-5/h6-8,10-13,16-17,19H,9,14-15,18H2,1-5H3. The number of carbonyl (C=O) groups excluding carboxylic acids is 1. The molecule has 0 spiro atoms. The van der Waals surface area contributed by atoms with Crippen molar-refractivity contribution < 1.29 is 31.8 Å². The third kappa shape index (κ3) is 7.33. The highest BCUT2D eigenvalue weighted by Crippen LogP contribution is 2.30. The molecule has 0 aliphatic heterocycles. The minimum Gasteiger partial charge on any atom is -0.493 e. The van der Waals surface area contributed by atoms with Gasteiger partial charge >= 0.3 is 6.09 Å². The Morgan fingerprint density at radius 1 is 1.05 bits per heavy atom. The van der Waals surface area contributed by atoms with Crippen molar-refractivity contribution in [3.8, 4) is 17.0 Å². The molecule has 0 saturated heterocycles. The topological polar surface area (TPSA) is 87.1 Å². The van der Waals surface area contributed by atoms with Gasteiger partial charge in [0, 0.05) is 45.0 Å². The average molecular weight is 533 g/mol. The summed E-state index contributed by atoms with van der Waals surface area (Å²) < 4.78 is 59.4. The summed E-state index contributed by atoms with van der Waals surface area (Å²) in [4.78, 5) is 13.8. The molecule has 200 valence electrons. The second kappa shape index (κ2) is 11.8. The van der Waals surface area contributed by atoms with Crippen LogP contribution in [0.3, 0.4) is 0 Å². The summed E-state index contributed by atoms with van der Waals surface area (Å²) in [5.41, 5.74) is 0.0544. The molecule has 1 heterocycles. The zero-order chi connectivity index (χ0) is 27.2. The first-order valence-corrected chi connectivity index (χ1v) is 13.2. The first-order chi connectivity index (χ1) is 17.4. The zero-order valence-electron chi connectivity index (χ0n) is 21.7. The van der Waals surface area contributed by atoms with Crippen LogP contribution in [0.2, 0.25) is 0 Å². The largest absolute Gasteiger partial charge is 0.493 e. The number of aromatic nitrogens is 1. The van der Waals surface area contributed by atoms with Gasteiger partial charge in [0.1, 0.15) is 17.2 Å². The summed E-state index contributed by atoms with van der Waals surface area (Å²) in [6.07, 6.45) is 1.48. The van der Waals surface area contributed by atoms with E-state index < -0.39 is 27.5 Å². The second-order valence-electron chi connectivity index (χ2n) is 9.52. The van der Waals surface area contributed by atoms with Crippen LogP contribution < -0.4 is 4.74 Å². The monoisotopic (exact) mass is 532 g/mol. The van der Waals surface area contributed by atoms with Crippen LogP contribution in [-0.2, 0) is 26.0 Å². The van der Waals surface area contributed by atoms with Crippen LogP contribution in [0.25, 0.3) is 11.3 Å². The molecule has 3 rings (SSSR count). The number of hydrogen-bond acceptors (Lipinski definition) is 6. The van der Waals surface area contributed by atoms with Crippen LogP contribution in [0, 0.1) is 5.82 Å². The van der Waals surface area contributed by atoms with E-state index in [9.17, 15) is 17.6 Å². The van der Waals surface area contributed by atoms with E-state index in [-0.39, 0.29) is 22.7 Å². The maximum absolute atomic E-state index is 14.8. The number of nitrogens with zero attached hydrogens (tertiary/aromatic N) is 2. The molecular formula is C27H33FN2O6S. The Balaban J connectivity index is 1.99. The molecule has 0 fully saturated rings. The number of benzene rings is 2. The fraction of sp³-hybridized carbons (Fsp3) is 0.370. The van der Waals surface area contributed by atoms with Crippen molar-refractivity contribution in [1.29, 1.82) is 0 Å². The van der Waals surface area contributed by atoms with Crippen LogP contribution in [-0.4, -0.2) is 56.4 Å². The summed E-state index contributed by atoms with van der Waals surface area (Å²) in [5, 5.41) is 0. The molecule has 10 heteroatoms. The molecule has 0 unspecified atom stereocenters. The maximum Gasteiger partial charge on any atom is 0.410 e. The van der Waals surface area contributed by atoms with Crippen molar-refractivity contribution >= 4 is 16.1 Å². The maximum atomic E-state index is 14.8. The number of hydrogen-bond donors (Lipinski definition) is 0.